The lowest BCUT2D eigenvalue weighted by atomic mass is 9.89. The van der Waals surface area contributed by atoms with Crippen molar-refractivity contribution in [2.75, 3.05) is 24.2 Å². The van der Waals surface area contributed by atoms with Gasteiger partial charge in [0.05, 0.1) is 25.6 Å². The summed E-state index contributed by atoms with van der Waals surface area (Å²) in [6.45, 7) is 0. The third kappa shape index (κ3) is 3.50. The monoisotopic (exact) mass is 464 g/mol. The summed E-state index contributed by atoms with van der Waals surface area (Å²) in [4.78, 5) is 34.4. The molecule has 0 N–H and O–H groups in total. The van der Waals surface area contributed by atoms with E-state index in [4.69, 9.17) is 25.9 Å². The van der Waals surface area contributed by atoms with Gasteiger partial charge in [0.1, 0.15) is 23.5 Å². The van der Waals surface area contributed by atoms with E-state index < -0.39 is 24.0 Å². The molecule has 0 radical (unpaired) electrons. The summed E-state index contributed by atoms with van der Waals surface area (Å²) >= 11 is 5.99. The molecule has 3 atom stereocenters. The van der Waals surface area contributed by atoms with E-state index in [1.54, 1.807) is 55.7 Å². The molecule has 0 saturated carbocycles. The number of imide groups is 1. The van der Waals surface area contributed by atoms with Crippen LogP contribution in [-0.4, -0.2) is 32.1 Å². The number of benzene rings is 3. The third-order valence-corrected chi connectivity index (χ3v) is 6.22. The number of anilines is 2. The Morgan fingerprint density at radius 3 is 2.24 bits per heavy atom. The van der Waals surface area contributed by atoms with E-state index in [1.165, 1.54) is 4.90 Å². The molecule has 0 bridgehead atoms. The molecule has 168 valence electrons. The molecule has 2 amide bonds. The average molecular weight is 465 g/mol. The number of methoxy groups -OCH3 is 2. The van der Waals surface area contributed by atoms with Gasteiger partial charge >= 0.3 is 0 Å². The van der Waals surface area contributed by atoms with E-state index in [0.29, 0.717) is 27.8 Å². The Hall–Kier alpha value is -3.55. The predicted octanol–water partition coefficient (Wildman–Crippen LogP) is 4.41. The van der Waals surface area contributed by atoms with E-state index in [1.807, 2.05) is 36.4 Å². The molecule has 2 aliphatic heterocycles. The third-order valence-electron chi connectivity index (χ3n) is 5.97. The highest BCUT2D eigenvalue weighted by Gasteiger charge is 2.60. The number of carbonyl (C=O) groups is 2. The van der Waals surface area contributed by atoms with Crippen LogP contribution >= 0.6 is 11.6 Å². The minimum absolute atomic E-state index is 0.347. The van der Waals surface area contributed by atoms with Crippen LogP contribution in [0, 0.1) is 5.92 Å². The summed E-state index contributed by atoms with van der Waals surface area (Å²) in [5, 5.41) is 2.14. The zero-order valence-electron chi connectivity index (χ0n) is 18.0. The Labute approximate surface area is 196 Å². The molecule has 2 aliphatic rings. The quantitative estimate of drug-likeness (QED) is 0.521. The second-order valence-corrected chi connectivity index (χ2v) is 8.19. The van der Waals surface area contributed by atoms with Gasteiger partial charge in [-0.15, -0.1) is 0 Å². The fraction of sp³-hybridized carbons (Fsp3) is 0.200. The van der Waals surface area contributed by atoms with Crippen LogP contribution in [0.3, 0.4) is 0 Å². The number of hydroxylamine groups is 1. The zero-order chi connectivity index (χ0) is 23.1. The Morgan fingerprint density at radius 1 is 0.848 bits per heavy atom. The molecule has 2 fully saturated rings. The van der Waals surface area contributed by atoms with Gasteiger partial charge in [0, 0.05) is 10.6 Å². The van der Waals surface area contributed by atoms with Crippen LogP contribution in [0.15, 0.2) is 72.8 Å². The van der Waals surface area contributed by atoms with Gasteiger partial charge in [-0.1, -0.05) is 29.8 Å². The van der Waals surface area contributed by atoms with Crippen molar-refractivity contribution >= 4 is 34.8 Å². The summed E-state index contributed by atoms with van der Waals surface area (Å²) in [7, 11) is 3.13. The molecule has 5 rings (SSSR count). The Morgan fingerprint density at radius 2 is 1.58 bits per heavy atom. The first-order valence-corrected chi connectivity index (χ1v) is 10.8. The lowest BCUT2D eigenvalue weighted by Gasteiger charge is -2.29. The molecule has 7 nitrogen and oxygen atoms in total. The maximum Gasteiger partial charge on any atom is 0.266 e. The molecule has 2 heterocycles. The maximum absolute atomic E-state index is 13.7. The van der Waals surface area contributed by atoms with Crippen molar-refractivity contribution in [3.05, 3.63) is 83.4 Å². The average Bonchev–Trinajstić information content (AvgIpc) is 3.36. The van der Waals surface area contributed by atoms with E-state index in [9.17, 15) is 9.59 Å². The minimum Gasteiger partial charge on any atom is -0.497 e. The van der Waals surface area contributed by atoms with E-state index in [-0.39, 0.29) is 5.91 Å². The van der Waals surface area contributed by atoms with Gasteiger partial charge in [-0.05, 0) is 54.6 Å². The normalized spacial score (nSPS) is 22.0. The molecule has 33 heavy (non-hydrogen) atoms. The lowest BCUT2D eigenvalue weighted by molar-refractivity contribution is -0.126. The second-order valence-electron chi connectivity index (χ2n) is 7.75. The van der Waals surface area contributed by atoms with Crippen molar-refractivity contribution in [2.45, 2.75) is 12.1 Å². The maximum atomic E-state index is 13.7. The lowest BCUT2D eigenvalue weighted by Crippen LogP contribution is -2.37. The molecular formula is C25H21ClN2O5. The first kappa shape index (κ1) is 21.3. The molecule has 0 spiro atoms. The summed E-state index contributed by atoms with van der Waals surface area (Å²) in [6.07, 6.45) is -0.978. The Kier molecular flexibility index (Phi) is 5.44. The molecule has 3 aromatic carbocycles. The van der Waals surface area contributed by atoms with Crippen molar-refractivity contribution < 1.29 is 23.9 Å². The van der Waals surface area contributed by atoms with E-state index in [0.717, 1.165) is 5.69 Å². The summed E-state index contributed by atoms with van der Waals surface area (Å²) < 4.78 is 11.0. The number of rotatable bonds is 5. The number of halogens is 1. The number of fused-ring (bicyclic) bond motifs is 1. The highest BCUT2D eigenvalue weighted by molar-refractivity contribution is 6.31. The molecule has 3 aromatic rings. The molecule has 8 heteroatoms. The minimum atomic E-state index is -0.978. The molecule has 0 aliphatic carbocycles. The van der Waals surface area contributed by atoms with E-state index >= 15 is 0 Å². The Bertz CT molecular complexity index is 1200. The van der Waals surface area contributed by atoms with Crippen LogP contribution in [0.1, 0.15) is 11.6 Å². The number of hydrogen-bond acceptors (Lipinski definition) is 6. The van der Waals surface area contributed by atoms with Crippen LogP contribution in [-0.2, 0) is 14.4 Å². The zero-order valence-corrected chi connectivity index (χ0v) is 18.7. The van der Waals surface area contributed by atoms with Crippen LogP contribution in [0.25, 0.3) is 0 Å². The topological polar surface area (TPSA) is 68.3 Å². The molecule has 0 aromatic heterocycles. The molecule has 2 saturated heterocycles. The van der Waals surface area contributed by atoms with Gasteiger partial charge in [0.15, 0.2) is 6.10 Å². The number of hydrogen-bond donors (Lipinski definition) is 0. The number of nitrogens with zero attached hydrogens (tertiary/aromatic N) is 2. The van der Waals surface area contributed by atoms with Crippen molar-refractivity contribution in [3.63, 3.8) is 0 Å². The Balaban J connectivity index is 1.63. The number of ether oxygens (including phenoxy) is 2. The van der Waals surface area contributed by atoms with Gasteiger partial charge in [0.2, 0.25) is 5.91 Å². The van der Waals surface area contributed by atoms with E-state index in [2.05, 4.69) is 0 Å². The summed E-state index contributed by atoms with van der Waals surface area (Å²) in [5.74, 6) is -0.377. The SMILES string of the molecule is COc1ccc(OC)c([C@@H]2[C@@H]3C(=O)N(c4ccc(Cl)cc4)C(=O)[C@H]3ON2c2ccccc2)c1. The van der Waals surface area contributed by atoms with Gasteiger partial charge in [0.25, 0.3) is 5.91 Å². The largest absolute Gasteiger partial charge is 0.497 e. The predicted molar refractivity (Wildman–Crippen MR) is 124 cm³/mol. The van der Waals surface area contributed by atoms with Gasteiger partial charge in [-0.2, -0.15) is 0 Å². The van der Waals surface area contributed by atoms with Gasteiger partial charge < -0.3 is 9.47 Å². The smallest absolute Gasteiger partial charge is 0.266 e. The molecular weight excluding hydrogens is 444 g/mol. The van der Waals surface area contributed by atoms with Gasteiger partial charge in [-0.25, -0.2) is 9.96 Å². The number of carbonyl (C=O) groups excluding carboxylic acids is 2. The van der Waals surface area contributed by atoms with Crippen LogP contribution in [0.5, 0.6) is 11.5 Å². The summed E-state index contributed by atoms with van der Waals surface area (Å²) in [6, 6.07) is 20.7. The van der Waals surface area contributed by atoms with Crippen LogP contribution in [0.4, 0.5) is 11.4 Å². The van der Waals surface area contributed by atoms with Crippen molar-refractivity contribution in [1.29, 1.82) is 0 Å². The van der Waals surface area contributed by atoms with Crippen molar-refractivity contribution in [1.82, 2.24) is 0 Å². The number of para-hydroxylation sites is 1. The first-order chi connectivity index (χ1) is 16.0. The highest BCUT2D eigenvalue weighted by Crippen LogP contribution is 2.50. The highest BCUT2D eigenvalue weighted by atomic mass is 35.5. The second kappa shape index (κ2) is 8.42. The van der Waals surface area contributed by atoms with Crippen LogP contribution in [0.2, 0.25) is 5.02 Å². The fourth-order valence-electron chi connectivity index (χ4n) is 4.44. The van der Waals surface area contributed by atoms with Crippen molar-refractivity contribution in [3.8, 4) is 11.5 Å². The van der Waals surface area contributed by atoms with Crippen molar-refractivity contribution in [2.24, 2.45) is 5.92 Å². The standard InChI is InChI=1S/C25H21ClN2O5/c1-31-18-12-13-20(32-2)19(14-18)22-21-23(33-28(22)17-6-4-3-5-7-17)25(30)27(24(21)29)16-10-8-15(26)9-11-16/h3-14,21-23H,1-2H3/t21-,22+,23-/m0/s1. The molecule has 0 unspecified atom stereocenters. The first-order valence-electron chi connectivity index (χ1n) is 10.4. The van der Waals surface area contributed by atoms with Gasteiger partial charge in [-0.3, -0.25) is 14.4 Å². The fourth-order valence-corrected chi connectivity index (χ4v) is 4.57. The number of amides is 2. The van der Waals surface area contributed by atoms with Crippen LogP contribution < -0.4 is 19.4 Å². The summed E-state index contributed by atoms with van der Waals surface area (Å²) in [5.41, 5.74) is 1.86.